The van der Waals surface area contributed by atoms with Gasteiger partial charge in [0.05, 0.1) is 0 Å². The van der Waals surface area contributed by atoms with E-state index in [2.05, 4.69) is 0 Å². The largest absolute Gasteiger partial charge is 0.508 e. The van der Waals surface area contributed by atoms with Crippen LogP contribution in [0.15, 0.2) is 24.3 Å². The molecule has 0 aromatic heterocycles. The van der Waals surface area contributed by atoms with E-state index >= 15 is 0 Å². The third-order valence-electron chi connectivity index (χ3n) is 2.21. The zero-order valence-corrected chi connectivity index (χ0v) is 8.36. The van der Waals surface area contributed by atoms with Crippen LogP contribution >= 0.6 is 0 Å². The van der Waals surface area contributed by atoms with Crippen molar-refractivity contribution in [2.75, 3.05) is 7.11 Å². The molecule has 1 unspecified atom stereocenters. The van der Waals surface area contributed by atoms with Crippen LogP contribution in [0.25, 0.3) is 0 Å². The number of ether oxygens (including phenoxy) is 1. The second kappa shape index (κ2) is 4.24. The molecule has 0 aliphatic carbocycles. The van der Waals surface area contributed by atoms with Crippen LogP contribution in [0.3, 0.4) is 0 Å². The molecule has 0 heterocycles. The minimum Gasteiger partial charge on any atom is -0.508 e. The fourth-order valence-corrected chi connectivity index (χ4v) is 1.18. The molecule has 0 amide bonds. The molecule has 0 fully saturated rings. The molecule has 0 saturated heterocycles. The molecule has 1 N–H and O–H groups in total. The zero-order valence-electron chi connectivity index (χ0n) is 8.36. The summed E-state index contributed by atoms with van der Waals surface area (Å²) in [6.07, 6.45) is 1.30. The predicted molar refractivity (Wildman–Crippen MR) is 53.3 cm³/mol. The predicted octanol–water partition coefficient (Wildman–Crippen LogP) is 1.54. The molecule has 0 aliphatic rings. The average Bonchev–Trinajstić information content (AvgIpc) is 2.21. The summed E-state index contributed by atoms with van der Waals surface area (Å²) in [5, 5.41) is 9.07. The lowest BCUT2D eigenvalue weighted by atomic mass is 9.98. The summed E-state index contributed by atoms with van der Waals surface area (Å²) < 4.78 is 5.09. The van der Waals surface area contributed by atoms with Crippen molar-refractivity contribution in [3.05, 3.63) is 29.8 Å². The lowest BCUT2D eigenvalue weighted by molar-refractivity contribution is -0.125. The summed E-state index contributed by atoms with van der Waals surface area (Å²) in [4.78, 5) is 10.8. The minimum atomic E-state index is -0.781. The Labute approximate surface area is 83.3 Å². The van der Waals surface area contributed by atoms with Gasteiger partial charge in [-0.3, -0.25) is 0 Å². The molecule has 14 heavy (non-hydrogen) atoms. The molecule has 1 atom stereocenters. The SMILES string of the molecule is COC(C)(C=O)Cc1ccc(O)cc1. The lowest BCUT2D eigenvalue weighted by Gasteiger charge is -2.20. The molecule has 1 rings (SSSR count). The number of rotatable bonds is 4. The number of aldehydes is 1. The van der Waals surface area contributed by atoms with Crippen LogP contribution < -0.4 is 0 Å². The number of phenolic OH excluding ortho intramolecular Hbond substituents is 1. The van der Waals surface area contributed by atoms with Gasteiger partial charge in [-0.15, -0.1) is 0 Å². The van der Waals surface area contributed by atoms with Crippen molar-refractivity contribution >= 4 is 6.29 Å². The number of aromatic hydroxyl groups is 1. The minimum absolute atomic E-state index is 0.221. The first kappa shape index (κ1) is 10.7. The molecule has 1 aromatic carbocycles. The Morgan fingerprint density at radius 1 is 1.43 bits per heavy atom. The standard InChI is InChI=1S/C11H14O3/c1-11(8-12,14-2)7-9-3-5-10(13)6-4-9/h3-6,8,13H,7H2,1-2H3. The van der Waals surface area contributed by atoms with Gasteiger partial charge in [0.15, 0.2) is 6.29 Å². The molecule has 0 radical (unpaired) electrons. The summed E-state index contributed by atoms with van der Waals surface area (Å²) in [6, 6.07) is 6.73. The van der Waals surface area contributed by atoms with Gasteiger partial charge in [0.1, 0.15) is 11.4 Å². The van der Waals surface area contributed by atoms with E-state index < -0.39 is 5.60 Å². The van der Waals surface area contributed by atoms with E-state index in [4.69, 9.17) is 9.84 Å². The number of carbonyl (C=O) groups excluding carboxylic acids is 1. The molecule has 0 aliphatic heterocycles. The number of methoxy groups -OCH3 is 1. The number of benzene rings is 1. The highest BCUT2D eigenvalue weighted by atomic mass is 16.5. The highest BCUT2D eigenvalue weighted by Gasteiger charge is 2.22. The Bertz CT molecular complexity index is 305. The number of carbonyl (C=O) groups is 1. The summed E-state index contributed by atoms with van der Waals surface area (Å²) >= 11 is 0. The number of hydrogen-bond acceptors (Lipinski definition) is 3. The van der Waals surface area contributed by atoms with Crippen LogP contribution in [0, 0.1) is 0 Å². The maximum absolute atomic E-state index is 10.8. The molecule has 3 nitrogen and oxygen atoms in total. The monoisotopic (exact) mass is 194 g/mol. The molecule has 0 saturated carbocycles. The van der Waals surface area contributed by atoms with Gasteiger partial charge in [-0.1, -0.05) is 12.1 Å². The van der Waals surface area contributed by atoms with Crippen molar-refractivity contribution in [1.29, 1.82) is 0 Å². The van der Waals surface area contributed by atoms with Crippen LogP contribution in [-0.2, 0) is 16.0 Å². The number of phenols is 1. The van der Waals surface area contributed by atoms with Crippen molar-refractivity contribution in [3.63, 3.8) is 0 Å². The molecule has 76 valence electrons. The van der Waals surface area contributed by atoms with Gasteiger partial charge >= 0.3 is 0 Å². The maximum Gasteiger partial charge on any atom is 0.151 e. The summed E-state index contributed by atoms with van der Waals surface area (Å²) in [5.74, 6) is 0.221. The Balaban J connectivity index is 2.77. The molecule has 3 heteroatoms. The summed E-state index contributed by atoms with van der Waals surface area (Å²) in [7, 11) is 1.51. The van der Waals surface area contributed by atoms with E-state index in [0.29, 0.717) is 6.42 Å². The summed E-state index contributed by atoms with van der Waals surface area (Å²) in [6.45, 7) is 1.73. The van der Waals surface area contributed by atoms with Gasteiger partial charge in [0.2, 0.25) is 0 Å². The Morgan fingerprint density at radius 3 is 2.43 bits per heavy atom. The fraction of sp³-hybridized carbons (Fsp3) is 0.364. The molecule has 1 aromatic rings. The van der Waals surface area contributed by atoms with E-state index in [1.54, 1.807) is 31.2 Å². The van der Waals surface area contributed by atoms with Gasteiger partial charge in [0.25, 0.3) is 0 Å². The normalized spacial score (nSPS) is 14.7. The van der Waals surface area contributed by atoms with Gasteiger partial charge in [0, 0.05) is 13.5 Å². The Hall–Kier alpha value is -1.35. The van der Waals surface area contributed by atoms with Crippen LogP contribution in [0.4, 0.5) is 0 Å². The third-order valence-corrected chi connectivity index (χ3v) is 2.21. The molecule has 0 spiro atoms. The van der Waals surface area contributed by atoms with Crippen LogP contribution in [0.1, 0.15) is 12.5 Å². The molecular formula is C11H14O3. The zero-order chi connectivity index (χ0) is 10.6. The maximum atomic E-state index is 10.8. The van der Waals surface area contributed by atoms with Gasteiger partial charge in [-0.25, -0.2) is 0 Å². The topological polar surface area (TPSA) is 46.5 Å². The average molecular weight is 194 g/mol. The fourth-order valence-electron chi connectivity index (χ4n) is 1.18. The Morgan fingerprint density at radius 2 is 2.00 bits per heavy atom. The third kappa shape index (κ3) is 2.57. The lowest BCUT2D eigenvalue weighted by Crippen LogP contribution is -2.31. The van der Waals surface area contributed by atoms with Crippen LogP contribution in [-0.4, -0.2) is 24.1 Å². The van der Waals surface area contributed by atoms with E-state index in [0.717, 1.165) is 11.8 Å². The smallest absolute Gasteiger partial charge is 0.151 e. The van der Waals surface area contributed by atoms with Gasteiger partial charge < -0.3 is 14.6 Å². The van der Waals surface area contributed by atoms with Crippen molar-refractivity contribution in [2.24, 2.45) is 0 Å². The second-order valence-electron chi connectivity index (χ2n) is 3.48. The van der Waals surface area contributed by atoms with Crippen molar-refractivity contribution in [3.8, 4) is 5.75 Å². The van der Waals surface area contributed by atoms with Crippen LogP contribution in [0.2, 0.25) is 0 Å². The Kier molecular flexibility index (Phi) is 3.25. The first-order valence-corrected chi connectivity index (χ1v) is 4.39. The van der Waals surface area contributed by atoms with E-state index in [-0.39, 0.29) is 5.75 Å². The van der Waals surface area contributed by atoms with E-state index in [9.17, 15) is 4.79 Å². The second-order valence-corrected chi connectivity index (χ2v) is 3.48. The van der Waals surface area contributed by atoms with Crippen LogP contribution in [0.5, 0.6) is 5.75 Å². The highest BCUT2D eigenvalue weighted by molar-refractivity contribution is 5.62. The first-order valence-electron chi connectivity index (χ1n) is 4.39. The van der Waals surface area contributed by atoms with E-state index in [1.165, 1.54) is 7.11 Å². The highest BCUT2D eigenvalue weighted by Crippen LogP contribution is 2.17. The number of hydrogen-bond donors (Lipinski definition) is 1. The van der Waals surface area contributed by atoms with Gasteiger partial charge in [-0.05, 0) is 24.6 Å². The van der Waals surface area contributed by atoms with Crippen molar-refractivity contribution in [1.82, 2.24) is 0 Å². The molecule has 0 bridgehead atoms. The van der Waals surface area contributed by atoms with Gasteiger partial charge in [-0.2, -0.15) is 0 Å². The van der Waals surface area contributed by atoms with Crippen molar-refractivity contribution < 1.29 is 14.6 Å². The van der Waals surface area contributed by atoms with Crippen molar-refractivity contribution in [2.45, 2.75) is 18.9 Å². The summed E-state index contributed by atoms with van der Waals surface area (Å²) in [5.41, 5.74) is 0.177. The first-order chi connectivity index (χ1) is 6.59. The van der Waals surface area contributed by atoms with E-state index in [1.807, 2.05) is 0 Å². The molecular weight excluding hydrogens is 180 g/mol. The quantitative estimate of drug-likeness (QED) is 0.739.